The number of hydrogen-bond donors (Lipinski definition) is 1. The number of nitrogens with zero attached hydrogens (tertiary/aromatic N) is 2. The highest BCUT2D eigenvalue weighted by atomic mass is 16.5. The third kappa shape index (κ3) is 1.73. The summed E-state index contributed by atoms with van der Waals surface area (Å²) < 4.78 is 5.05. The van der Waals surface area contributed by atoms with Crippen molar-refractivity contribution in [1.29, 1.82) is 0 Å². The summed E-state index contributed by atoms with van der Waals surface area (Å²) in [4.78, 5) is 13.7. The maximum atomic E-state index is 11.5. The molecule has 1 saturated carbocycles. The molecule has 1 aliphatic heterocycles. The Kier molecular flexibility index (Phi) is 2.66. The molecule has 0 spiro atoms. The molecule has 98 valence electrons. The summed E-state index contributed by atoms with van der Waals surface area (Å²) >= 11 is 0. The van der Waals surface area contributed by atoms with Crippen LogP contribution in [0.15, 0.2) is 10.6 Å². The molecule has 1 aromatic rings. The zero-order chi connectivity index (χ0) is 12.8. The molecule has 1 N–H and O–H groups in total. The van der Waals surface area contributed by atoms with Gasteiger partial charge in [-0.25, -0.2) is 0 Å². The highest BCUT2D eigenvalue weighted by Crippen LogP contribution is 2.49. The Morgan fingerprint density at radius 2 is 2.56 bits per heavy atom. The number of aromatic nitrogens is 1. The maximum Gasteiger partial charge on any atom is 0.311 e. The van der Waals surface area contributed by atoms with Crippen molar-refractivity contribution in [3.05, 3.63) is 17.5 Å². The topological polar surface area (TPSA) is 66.6 Å². The molecule has 2 atom stereocenters. The molecule has 2 heterocycles. The smallest absolute Gasteiger partial charge is 0.311 e. The molecule has 1 aliphatic carbocycles. The Morgan fingerprint density at radius 1 is 1.72 bits per heavy atom. The van der Waals surface area contributed by atoms with Gasteiger partial charge < -0.3 is 9.63 Å². The van der Waals surface area contributed by atoms with Crippen LogP contribution in [0.3, 0.4) is 0 Å². The first-order chi connectivity index (χ1) is 8.60. The minimum Gasteiger partial charge on any atom is -0.481 e. The van der Waals surface area contributed by atoms with Gasteiger partial charge in [0.1, 0.15) is 5.76 Å². The van der Waals surface area contributed by atoms with Crippen molar-refractivity contribution in [2.75, 3.05) is 13.1 Å². The van der Waals surface area contributed by atoms with Crippen LogP contribution in [0, 0.1) is 18.3 Å². The van der Waals surface area contributed by atoms with Crippen LogP contribution in [0.2, 0.25) is 0 Å². The predicted molar refractivity (Wildman–Crippen MR) is 63.9 cm³/mol. The monoisotopic (exact) mass is 250 g/mol. The predicted octanol–water partition coefficient (Wildman–Crippen LogP) is 1.67. The van der Waals surface area contributed by atoms with E-state index in [9.17, 15) is 9.90 Å². The summed E-state index contributed by atoms with van der Waals surface area (Å²) in [5.74, 6) is 0.490. The van der Waals surface area contributed by atoms with Crippen LogP contribution < -0.4 is 0 Å². The summed E-state index contributed by atoms with van der Waals surface area (Å²) in [7, 11) is 0. The number of carboxylic acids is 1. The van der Waals surface area contributed by atoms with Gasteiger partial charge in [-0.3, -0.25) is 9.69 Å². The van der Waals surface area contributed by atoms with E-state index >= 15 is 0 Å². The molecule has 0 bridgehead atoms. The molecule has 0 aromatic carbocycles. The number of rotatable bonds is 3. The van der Waals surface area contributed by atoms with E-state index in [-0.39, 0.29) is 0 Å². The van der Waals surface area contributed by atoms with Gasteiger partial charge in [0.25, 0.3) is 0 Å². The van der Waals surface area contributed by atoms with E-state index in [2.05, 4.69) is 10.1 Å². The molecule has 3 rings (SSSR count). The number of carbonyl (C=O) groups is 1. The Labute approximate surface area is 106 Å². The van der Waals surface area contributed by atoms with Crippen molar-refractivity contribution < 1.29 is 14.4 Å². The minimum atomic E-state index is -0.621. The average Bonchev–Trinajstić information content (AvgIpc) is 2.93. The fourth-order valence-corrected chi connectivity index (χ4v) is 3.58. The standard InChI is InChI=1S/C13H18N2O3/c1-9-5-11(14-18-9)7-15-6-10-3-2-4-13(10,8-15)12(16)17/h5,10H,2-4,6-8H2,1H3,(H,16,17)/t10-,13+/m0/s1. The average molecular weight is 250 g/mol. The molecule has 1 saturated heterocycles. The second-order valence-electron chi connectivity index (χ2n) is 5.65. The summed E-state index contributed by atoms with van der Waals surface area (Å²) in [6.45, 7) is 4.09. The Hall–Kier alpha value is -1.36. The van der Waals surface area contributed by atoms with Crippen LogP contribution in [0.25, 0.3) is 0 Å². The van der Waals surface area contributed by atoms with Crippen molar-refractivity contribution >= 4 is 5.97 Å². The molecule has 0 amide bonds. The molecule has 5 nitrogen and oxygen atoms in total. The van der Waals surface area contributed by atoms with Crippen molar-refractivity contribution in [1.82, 2.24) is 10.1 Å². The van der Waals surface area contributed by atoms with E-state index in [0.29, 0.717) is 19.0 Å². The molecule has 0 unspecified atom stereocenters. The minimum absolute atomic E-state index is 0.308. The summed E-state index contributed by atoms with van der Waals surface area (Å²) in [6.07, 6.45) is 2.91. The first-order valence-corrected chi connectivity index (χ1v) is 6.48. The second-order valence-corrected chi connectivity index (χ2v) is 5.65. The fraction of sp³-hybridized carbons (Fsp3) is 0.692. The van der Waals surface area contributed by atoms with Gasteiger partial charge in [-0.1, -0.05) is 11.6 Å². The number of aliphatic carboxylic acids is 1. The quantitative estimate of drug-likeness (QED) is 0.883. The van der Waals surface area contributed by atoms with Crippen LogP contribution in [0.4, 0.5) is 0 Å². The van der Waals surface area contributed by atoms with Crippen LogP contribution in [-0.4, -0.2) is 34.2 Å². The van der Waals surface area contributed by atoms with Gasteiger partial charge in [-0.2, -0.15) is 0 Å². The fourth-order valence-electron chi connectivity index (χ4n) is 3.58. The van der Waals surface area contributed by atoms with E-state index in [0.717, 1.165) is 37.3 Å². The van der Waals surface area contributed by atoms with Crippen molar-refractivity contribution in [2.24, 2.45) is 11.3 Å². The largest absolute Gasteiger partial charge is 0.481 e. The number of carboxylic acid groups (broad SMARTS) is 1. The normalized spacial score (nSPS) is 31.7. The highest BCUT2D eigenvalue weighted by molar-refractivity contribution is 5.76. The van der Waals surface area contributed by atoms with Gasteiger partial charge in [0, 0.05) is 25.7 Å². The molecule has 5 heteroatoms. The Balaban J connectivity index is 1.73. The van der Waals surface area contributed by atoms with Crippen molar-refractivity contribution in [2.45, 2.75) is 32.7 Å². The van der Waals surface area contributed by atoms with Gasteiger partial charge in [-0.05, 0) is 25.7 Å². The first kappa shape index (κ1) is 11.7. The van der Waals surface area contributed by atoms with Gasteiger partial charge in [0.15, 0.2) is 0 Å². The van der Waals surface area contributed by atoms with Crippen LogP contribution in [0.5, 0.6) is 0 Å². The van der Waals surface area contributed by atoms with Gasteiger partial charge in [-0.15, -0.1) is 0 Å². The van der Waals surface area contributed by atoms with Crippen molar-refractivity contribution in [3.8, 4) is 0 Å². The highest BCUT2D eigenvalue weighted by Gasteiger charge is 2.54. The maximum absolute atomic E-state index is 11.5. The molecule has 2 aliphatic rings. The van der Waals surface area contributed by atoms with E-state index in [1.807, 2.05) is 13.0 Å². The lowest BCUT2D eigenvalue weighted by molar-refractivity contribution is -0.149. The van der Waals surface area contributed by atoms with E-state index in [1.54, 1.807) is 0 Å². The van der Waals surface area contributed by atoms with Gasteiger partial charge in [0.05, 0.1) is 11.1 Å². The summed E-state index contributed by atoms with van der Waals surface area (Å²) in [5, 5.41) is 13.5. The SMILES string of the molecule is Cc1cc(CN2C[C@@H]3CCC[C@@]3(C(=O)O)C2)no1. The zero-order valence-corrected chi connectivity index (χ0v) is 10.6. The lowest BCUT2D eigenvalue weighted by Gasteiger charge is -2.23. The molecular weight excluding hydrogens is 232 g/mol. The van der Waals surface area contributed by atoms with E-state index in [4.69, 9.17) is 4.52 Å². The third-order valence-electron chi connectivity index (χ3n) is 4.43. The number of hydrogen-bond acceptors (Lipinski definition) is 4. The van der Waals surface area contributed by atoms with Crippen LogP contribution in [-0.2, 0) is 11.3 Å². The summed E-state index contributed by atoms with van der Waals surface area (Å²) in [5.41, 5.74) is 0.395. The molecule has 18 heavy (non-hydrogen) atoms. The van der Waals surface area contributed by atoms with E-state index in [1.165, 1.54) is 0 Å². The lowest BCUT2D eigenvalue weighted by Crippen LogP contribution is -2.35. The zero-order valence-electron chi connectivity index (χ0n) is 10.6. The summed E-state index contributed by atoms with van der Waals surface area (Å²) in [6, 6.07) is 1.92. The third-order valence-corrected chi connectivity index (χ3v) is 4.43. The lowest BCUT2D eigenvalue weighted by atomic mass is 9.81. The van der Waals surface area contributed by atoms with Crippen LogP contribution >= 0.6 is 0 Å². The first-order valence-electron chi connectivity index (χ1n) is 6.48. The van der Waals surface area contributed by atoms with Gasteiger partial charge >= 0.3 is 5.97 Å². The number of aryl methyl sites for hydroxylation is 1. The Morgan fingerprint density at radius 3 is 3.17 bits per heavy atom. The number of fused-ring (bicyclic) bond motifs is 1. The molecule has 0 radical (unpaired) electrons. The number of likely N-dealkylation sites (tertiary alicyclic amines) is 1. The molecular formula is C13H18N2O3. The van der Waals surface area contributed by atoms with Crippen LogP contribution in [0.1, 0.15) is 30.7 Å². The van der Waals surface area contributed by atoms with Gasteiger partial charge in [0.2, 0.25) is 0 Å². The molecule has 1 aromatic heterocycles. The Bertz CT molecular complexity index is 471. The van der Waals surface area contributed by atoms with E-state index < -0.39 is 11.4 Å². The van der Waals surface area contributed by atoms with Crippen molar-refractivity contribution in [3.63, 3.8) is 0 Å². The molecule has 2 fully saturated rings. The second kappa shape index (κ2) is 4.09.